The van der Waals surface area contributed by atoms with Crippen LogP contribution in [0.5, 0.6) is 11.5 Å². The monoisotopic (exact) mass is 401 g/mol. The lowest BCUT2D eigenvalue weighted by Gasteiger charge is -2.15. The van der Waals surface area contributed by atoms with Gasteiger partial charge in [0.25, 0.3) is 0 Å². The highest BCUT2D eigenvalue weighted by atomic mass is 35.5. The number of halogens is 3. The second kappa shape index (κ2) is 9.54. The molecule has 0 aliphatic carbocycles. The summed E-state index contributed by atoms with van der Waals surface area (Å²) < 4.78 is 11.3. The third-order valence-corrected chi connectivity index (χ3v) is 4.56. The summed E-state index contributed by atoms with van der Waals surface area (Å²) in [5.41, 5.74) is 1.94. The Bertz CT molecular complexity index is 720. The van der Waals surface area contributed by atoms with Crippen molar-refractivity contribution in [2.24, 2.45) is 5.92 Å². The van der Waals surface area contributed by atoms with Crippen molar-refractivity contribution >= 4 is 34.8 Å². The summed E-state index contributed by atoms with van der Waals surface area (Å²) in [6, 6.07) is 9.20. The molecule has 25 heavy (non-hydrogen) atoms. The normalized spacial score (nSPS) is 11.0. The zero-order chi connectivity index (χ0) is 18.4. The standard InChI is InChI=1S/C19H22Cl3NO2/c1-12(2)9-23-10-14-7-17(22)19(18(8-14)24-3)25-11-13-4-5-15(20)16(21)6-13/h4-8,12,23H,9-11H2,1-3H3. The van der Waals surface area contributed by atoms with Gasteiger partial charge in [-0.3, -0.25) is 0 Å². The largest absolute Gasteiger partial charge is 0.493 e. The predicted octanol–water partition coefficient (Wildman–Crippen LogP) is 5.98. The van der Waals surface area contributed by atoms with E-state index in [-0.39, 0.29) is 0 Å². The summed E-state index contributed by atoms with van der Waals surface area (Å²) >= 11 is 18.4. The van der Waals surface area contributed by atoms with Crippen molar-refractivity contribution in [1.29, 1.82) is 0 Å². The topological polar surface area (TPSA) is 30.5 Å². The Kier molecular flexibility index (Phi) is 7.70. The molecule has 2 rings (SSSR count). The molecule has 1 N–H and O–H groups in total. The van der Waals surface area contributed by atoms with E-state index in [0.717, 1.165) is 24.2 Å². The van der Waals surface area contributed by atoms with Crippen LogP contribution in [0.15, 0.2) is 30.3 Å². The van der Waals surface area contributed by atoms with Gasteiger partial charge in [-0.15, -0.1) is 0 Å². The third kappa shape index (κ3) is 5.96. The van der Waals surface area contributed by atoms with Crippen molar-refractivity contribution in [3.05, 3.63) is 56.5 Å². The molecule has 0 aliphatic heterocycles. The molecular formula is C19H22Cl3NO2. The Balaban J connectivity index is 2.10. The van der Waals surface area contributed by atoms with E-state index in [2.05, 4.69) is 19.2 Å². The van der Waals surface area contributed by atoms with Crippen LogP contribution in [0.3, 0.4) is 0 Å². The molecule has 0 spiro atoms. The summed E-state index contributed by atoms with van der Waals surface area (Å²) in [5.74, 6) is 1.71. The van der Waals surface area contributed by atoms with E-state index in [0.29, 0.717) is 39.1 Å². The first-order valence-electron chi connectivity index (χ1n) is 8.04. The molecular weight excluding hydrogens is 381 g/mol. The van der Waals surface area contributed by atoms with Crippen LogP contribution in [-0.4, -0.2) is 13.7 Å². The molecule has 0 fully saturated rings. The number of benzene rings is 2. The van der Waals surface area contributed by atoms with E-state index < -0.39 is 0 Å². The van der Waals surface area contributed by atoms with Crippen LogP contribution in [0.1, 0.15) is 25.0 Å². The first kappa shape index (κ1) is 20.2. The molecule has 0 unspecified atom stereocenters. The highest BCUT2D eigenvalue weighted by molar-refractivity contribution is 6.42. The van der Waals surface area contributed by atoms with Crippen molar-refractivity contribution < 1.29 is 9.47 Å². The van der Waals surface area contributed by atoms with E-state index in [4.69, 9.17) is 44.3 Å². The molecule has 3 nitrogen and oxygen atoms in total. The number of ether oxygens (including phenoxy) is 2. The van der Waals surface area contributed by atoms with Gasteiger partial charge in [0.2, 0.25) is 0 Å². The quantitative estimate of drug-likeness (QED) is 0.589. The van der Waals surface area contributed by atoms with Crippen LogP contribution in [-0.2, 0) is 13.2 Å². The summed E-state index contributed by atoms with van der Waals surface area (Å²) in [7, 11) is 1.60. The number of rotatable bonds is 8. The van der Waals surface area contributed by atoms with Crippen LogP contribution in [0, 0.1) is 5.92 Å². The highest BCUT2D eigenvalue weighted by Gasteiger charge is 2.13. The molecule has 2 aromatic carbocycles. The van der Waals surface area contributed by atoms with Gasteiger partial charge in [-0.1, -0.05) is 54.7 Å². The minimum Gasteiger partial charge on any atom is -0.493 e. The van der Waals surface area contributed by atoms with Crippen molar-refractivity contribution in [2.75, 3.05) is 13.7 Å². The second-order valence-corrected chi connectivity index (χ2v) is 7.39. The lowest BCUT2D eigenvalue weighted by Crippen LogP contribution is -2.19. The third-order valence-electron chi connectivity index (χ3n) is 3.54. The van der Waals surface area contributed by atoms with Gasteiger partial charge >= 0.3 is 0 Å². The minimum atomic E-state index is 0.317. The van der Waals surface area contributed by atoms with Crippen molar-refractivity contribution in [2.45, 2.75) is 27.0 Å². The summed E-state index contributed by atoms with van der Waals surface area (Å²) in [6.45, 7) is 6.32. The maximum Gasteiger partial charge on any atom is 0.180 e. The van der Waals surface area contributed by atoms with Crippen molar-refractivity contribution in [1.82, 2.24) is 5.32 Å². The van der Waals surface area contributed by atoms with E-state index in [1.54, 1.807) is 19.2 Å². The zero-order valence-electron chi connectivity index (χ0n) is 14.5. The van der Waals surface area contributed by atoms with Gasteiger partial charge < -0.3 is 14.8 Å². The van der Waals surface area contributed by atoms with Crippen LogP contribution in [0.2, 0.25) is 15.1 Å². The van der Waals surface area contributed by atoms with Gasteiger partial charge in [0.15, 0.2) is 11.5 Å². The molecule has 0 radical (unpaired) electrons. The zero-order valence-corrected chi connectivity index (χ0v) is 16.8. The molecule has 6 heteroatoms. The van der Waals surface area contributed by atoms with Gasteiger partial charge in [-0.05, 0) is 47.9 Å². The summed E-state index contributed by atoms with van der Waals surface area (Å²) in [5, 5.41) is 4.91. The molecule has 136 valence electrons. The maximum atomic E-state index is 6.40. The number of methoxy groups -OCH3 is 1. The van der Waals surface area contributed by atoms with Gasteiger partial charge in [0, 0.05) is 6.54 Å². The van der Waals surface area contributed by atoms with Crippen molar-refractivity contribution in [3.63, 3.8) is 0 Å². The Hall–Kier alpha value is -1.13. The maximum absolute atomic E-state index is 6.40. The second-order valence-electron chi connectivity index (χ2n) is 6.17. The molecule has 0 saturated carbocycles. The lowest BCUT2D eigenvalue weighted by molar-refractivity contribution is 0.284. The number of hydrogen-bond donors (Lipinski definition) is 1. The molecule has 0 atom stereocenters. The molecule has 0 saturated heterocycles. The Labute approximate surface area is 164 Å². The van der Waals surface area contributed by atoms with E-state index >= 15 is 0 Å². The fraction of sp³-hybridized carbons (Fsp3) is 0.368. The van der Waals surface area contributed by atoms with Crippen LogP contribution < -0.4 is 14.8 Å². The first-order chi connectivity index (χ1) is 11.9. The molecule has 0 aliphatic rings. The van der Waals surface area contributed by atoms with Gasteiger partial charge in [-0.25, -0.2) is 0 Å². The van der Waals surface area contributed by atoms with Gasteiger partial charge in [-0.2, -0.15) is 0 Å². The van der Waals surface area contributed by atoms with Gasteiger partial charge in [0.1, 0.15) is 6.61 Å². The van der Waals surface area contributed by atoms with Crippen molar-refractivity contribution in [3.8, 4) is 11.5 Å². The molecule has 0 bridgehead atoms. The fourth-order valence-corrected chi connectivity index (χ4v) is 2.91. The smallest absolute Gasteiger partial charge is 0.180 e. The highest BCUT2D eigenvalue weighted by Crippen LogP contribution is 2.37. The Morgan fingerprint density at radius 1 is 0.960 bits per heavy atom. The van der Waals surface area contributed by atoms with Crippen LogP contribution >= 0.6 is 34.8 Å². The molecule has 0 aromatic heterocycles. The van der Waals surface area contributed by atoms with Crippen LogP contribution in [0.4, 0.5) is 0 Å². The predicted molar refractivity (Wildman–Crippen MR) is 105 cm³/mol. The molecule has 0 amide bonds. The first-order valence-corrected chi connectivity index (χ1v) is 9.18. The van der Waals surface area contributed by atoms with E-state index in [1.807, 2.05) is 18.2 Å². The minimum absolute atomic E-state index is 0.317. The van der Waals surface area contributed by atoms with Gasteiger partial charge in [0.05, 0.1) is 22.2 Å². The fourth-order valence-electron chi connectivity index (χ4n) is 2.31. The summed E-state index contributed by atoms with van der Waals surface area (Å²) in [4.78, 5) is 0. The molecule has 2 aromatic rings. The van der Waals surface area contributed by atoms with E-state index in [9.17, 15) is 0 Å². The average Bonchev–Trinajstić information content (AvgIpc) is 2.56. The lowest BCUT2D eigenvalue weighted by atomic mass is 10.1. The number of nitrogens with one attached hydrogen (secondary N) is 1. The Morgan fingerprint density at radius 2 is 1.68 bits per heavy atom. The summed E-state index contributed by atoms with van der Waals surface area (Å²) in [6.07, 6.45) is 0. The Morgan fingerprint density at radius 3 is 2.32 bits per heavy atom. The number of hydrogen-bond acceptors (Lipinski definition) is 3. The SMILES string of the molecule is COc1cc(CNCC(C)C)cc(Cl)c1OCc1ccc(Cl)c(Cl)c1. The van der Waals surface area contributed by atoms with Crippen LogP contribution in [0.25, 0.3) is 0 Å². The van der Waals surface area contributed by atoms with E-state index in [1.165, 1.54) is 0 Å². The average molecular weight is 403 g/mol. The molecule has 0 heterocycles.